The van der Waals surface area contributed by atoms with Gasteiger partial charge in [-0.05, 0) is 49.1 Å². The molecule has 7 heteroatoms. The molecule has 4 N–H and O–H groups in total. The Morgan fingerprint density at radius 1 is 1.03 bits per heavy atom. The van der Waals surface area contributed by atoms with Gasteiger partial charge in [-0.3, -0.25) is 4.79 Å². The molecule has 7 nitrogen and oxygen atoms in total. The fraction of sp³-hybridized carbons (Fsp3) is 0.357. The molecule has 2 aromatic carbocycles. The Labute approximate surface area is 207 Å². The van der Waals surface area contributed by atoms with Gasteiger partial charge in [0.25, 0.3) is 0 Å². The van der Waals surface area contributed by atoms with Crippen molar-refractivity contribution in [1.82, 2.24) is 15.2 Å². The van der Waals surface area contributed by atoms with Crippen molar-refractivity contribution in [3.05, 3.63) is 94.8 Å². The molecule has 35 heavy (non-hydrogen) atoms. The molecular weight excluding hydrogens is 442 g/mol. The van der Waals surface area contributed by atoms with E-state index in [1.165, 1.54) is 6.07 Å². The summed E-state index contributed by atoms with van der Waals surface area (Å²) >= 11 is 0. The molecule has 3 rings (SSSR count). The number of rotatable bonds is 11. The van der Waals surface area contributed by atoms with E-state index in [9.17, 15) is 20.1 Å². The van der Waals surface area contributed by atoms with E-state index in [0.717, 1.165) is 16.7 Å². The number of carbonyl (C=O) groups is 1. The molecular formula is C28H35N3O4. The van der Waals surface area contributed by atoms with E-state index in [4.69, 9.17) is 0 Å². The van der Waals surface area contributed by atoms with Gasteiger partial charge < -0.3 is 25.5 Å². The SMILES string of the molecule is CN(Cc1ccccc1)C(=O)Cc1cccc(CC(C)(C)NCC(O)c2ccc(O)c(CO)n2)c1. The molecule has 1 heterocycles. The van der Waals surface area contributed by atoms with Crippen LogP contribution in [-0.4, -0.2) is 50.2 Å². The van der Waals surface area contributed by atoms with Gasteiger partial charge in [0.2, 0.25) is 5.91 Å². The minimum atomic E-state index is -0.885. The van der Waals surface area contributed by atoms with Gasteiger partial charge in [0.05, 0.1) is 18.7 Å². The van der Waals surface area contributed by atoms with Crippen molar-refractivity contribution >= 4 is 5.91 Å². The zero-order valence-corrected chi connectivity index (χ0v) is 20.6. The largest absolute Gasteiger partial charge is 0.506 e. The van der Waals surface area contributed by atoms with Crippen molar-refractivity contribution in [3.8, 4) is 5.75 Å². The first kappa shape index (κ1) is 26.3. The van der Waals surface area contributed by atoms with Gasteiger partial charge in [0.1, 0.15) is 17.5 Å². The molecule has 0 bridgehead atoms. The van der Waals surface area contributed by atoms with Gasteiger partial charge in [-0.15, -0.1) is 0 Å². The Bertz CT molecular complexity index is 1120. The van der Waals surface area contributed by atoms with E-state index in [2.05, 4.69) is 30.2 Å². The first-order valence-electron chi connectivity index (χ1n) is 11.8. The smallest absolute Gasteiger partial charge is 0.227 e. The Hall–Kier alpha value is -3.26. The maximum absolute atomic E-state index is 12.7. The van der Waals surface area contributed by atoms with Crippen LogP contribution in [0, 0.1) is 0 Å². The summed E-state index contributed by atoms with van der Waals surface area (Å²) in [5.74, 6) is -0.0310. The van der Waals surface area contributed by atoms with Crippen molar-refractivity contribution < 1.29 is 20.1 Å². The van der Waals surface area contributed by atoms with E-state index in [-0.39, 0.29) is 29.4 Å². The van der Waals surface area contributed by atoms with Crippen LogP contribution in [0.15, 0.2) is 66.7 Å². The molecule has 0 spiro atoms. The number of pyridine rings is 1. The van der Waals surface area contributed by atoms with Crippen LogP contribution in [-0.2, 0) is 30.8 Å². The van der Waals surface area contributed by atoms with Crippen LogP contribution in [0.5, 0.6) is 5.75 Å². The number of nitrogens with one attached hydrogen (secondary N) is 1. The second kappa shape index (κ2) is 11.9. The summed E-state index contributed by atoms with van der Waals surface area (Å²) < 4.78 is 0. The van der Waals surface area contributed by atoms with E-state index >= 15 is 0 Å². The number of aromatic nitrogens is 1. The number of benzene rings is 2. The lowest BCUT2D eigenvalue weighted by atomic mass is 9.93. The van der Waals surface area contributed by atoms with Crippen molar-refractivity contribution in [2.45, 2.75) is 51.5 Å². The van der Waals surface area contributed by atoms with Crippen LogP contribution in [0.1, 0.15) is 48.0 Å². The summed E-state index contributed by atoms with van der Waals surface area (Å²) in [5.41, 5.74) is 3.36. The molecule has 0 radical (unpaired) electrons. The molecule has 0 fully saturated rings. The van der Waals surface area contributed by atoms with Crippen LogP contribution >= 0.6 is 0 Å². The van der Waals surface area contributed by atoms with Crippen molar-refractivity contribution in [2.75, 3.05) is 13.6 Å². The molecule has 0 aliphatic carbocycles. The third kappa shape index (κ3) is 7.89. The zero-order chi connectivity index (χ0) is 25.4. The number of hydrogen-bond donors (Lipinski definition) is 4. The quantitative estimate of drug-likeness (QED) is 0.338. The molecule has 1 unspecified atom stereocenters. The molecule has 1 atom stereocenters. The Kier molecular flexibility index (Phi) is 8.98. The minimum Gasteiger partial charge on any atom is -0.506 e. The highest BCUT2D eigenvalue weighted by Crippen LogP contribution is 2.20. The highest BCUT2D eigenvalue weighted by atomic mass is 16.3. The Balaban J connectivity index is 1.56. The first-order chi connectivity index (χ1) is 16.7. The molecule has 0 aliphatic heterocycles. The average Bonchev–Trinajstić information content (AvgIpc) is 2.83. The summed E-state index contributed by atoms with van der Waals surface area (Å²) in [6.45, 7) is 4.54. The van der Waals surface area contributed by atoms with Crippen molar-refractivity contribution in [1.29, 1.82) is 0 Å². The topological polar surface area (TPSA) is 106 Å². The van der Waals surface area contributed by atoms with Gasteiger partial charge in [-0.1, -0.05) is 54.6 Å². The van der Waals surface area contributed by atoms with E-state index in [1.54, 1.807) is 11.0 Å². The molecule has 0 saturated heterocycles. The van der Waals surface area contributed by atoms with Gasteiger partial charge >= 0.3 is 0 Å². The monoisotopic (exact) mass is 477 g/mol. The number of β-amino-alcohol motifs (C(OH)–C–C–N with tert-alkyl or cyclic N) is 1. The zero-order valence-electron chi connectivity index (χ0n) is 20.6. The van der Waals surface area contributed by atoms with Crippen LogP contribution < -0.4 is 5.32 Å². The predicted octanol–water partition coefficient (Wildman–Crippen LogP) is 3.12. The standard InChI is InChI=1S/C28H35N3O4/c1-28(2,29-17-26(34)23-12-13-25(33)24(19-32)30-23)16-22-11-7-10-21(14-22)15-27(35)31(3)18-20-8-5-4-6-9-20/h4-14,26,29,32-34H,15-19H2,1-3H3. The summed E-state index contributed by atoms with van der Waals surface area (Å²) in [4.78, 5) is 18.6. The minimum absolute atomic E-state index is 0.0650. The molecule has 186 valence electrons. The highest BCUT2D eigenvalue weighted by molar-refractivity contribution is 5.78. The maximum Gasteiger partial charge on any atom is 0.227 e. The maximum atomic E-state index is 12.7. The number of aliphatic hydroxyl groups is 2. The number of likely N-dealkylation sites (N-methyl/N-ethyl adjacent to an activating group) is 1. The number of hydrogen-bond acceptors (Lipinski definition) is 6. The molecule has 1 amide bonds. The van der Waals surface area contributed by atoms with Crippen molar-refractivity contribution in [3.63, 3.8) is 0 Å². The summed E-state index contributed by atoms with van der Waals surface area (Å²) in [5, 5.41) is 32.9. The summed E-state index contributed by atoms with van der Waals surface area (Å²) in [6, 6.07) is 20.9. The molecule has 0 aliphatic rings. The third-order valence-corrected chi connectivity index (χ3v) is 5.92. The molecule has 1 aromatic heterocycles. The van der Waals surface area contributed by atoms with Gasteiger partial charge in [0, 0.05) is 25.7 Å². The lowest BCUT2D eigenvalue weighted by Gasteiger charge is -2.28. The van der Waals surface area contributed by atoms with Crippen LogP contribution in [0.3, 0.4) is 0 Å². The van der Waals surface area contributed by atoms with E-state index in [1.807, 2.05) is 55.6 Å². The lowest BCUT2D eigenvalue weighted by molar-refractivity contribution is -0.129. The van der Waals surface area contributed by atoms with Gasteiger partial charge in [-0.25, -0.2) is 4.98 Å². The lowest BCUT2D eigenvalue weighted by Crippen LogP contribution is -2.43. The highest BCUT2D eigenvalue weighted by Gasteiger charge is 2.21. The molecule has 0 saturated carbocycles. The number of nitrogens with zero attached hydrogens (tertiary/aromatic N) is 2. The second-order valence-electron chi connectivity index (χ2n) is 9.55. The number of aromatic hydroxyl groups is 1. The normalized spacial score (nSPS) is 12.4. The van der Waals surface area contributed by atoms with Crippen LogP contribution in [0.4, 0.5) is 0 Å². The van der Waals surface area contributed by atoms with Crippen molar-refractivity contribution in [2.24, 2.45) is 0 Å². The fourth-order valence-corrected chi connectivity index (χ4v) is 3.97. The Morgan fingerprint density at radius 2 is 1.71 bits per heavy atom. The van der Waals surface area contributed by atoms with Gasteiger partial charge in [0.15, 0.2) is 0 Å². The van der Waals surface area contributed by atoms with E-state index < -0.39 is 12.7 Å². The Morgan fingerprint density at radius 3 is 2.43 bits per heavy atom. The van der Waals surface area contributed by atoms with E-state index in [0.29, 0.717) is 25.1 Å². The average molecular weight is 478 g/mol. The number of carbonyl (C=O) groups excluding carboxylic acids is 1. The van der Waals surface area contributed by atoms with Crippen LogP contribution in [0.25, 0.3) is 0 Å². The number of aliphatic hydroxyl groups excluding tert-OH is 2. The second-order valence-corrected chi connectivity index (χ2v) is 9.55. The number of amides is 1. The molecule has 3 aromatic rings. The van der Waals surface area contributed by atoms with Crippen LogP contribution in [0.2, 0.25) is 0 Å². The predicted molar refractivity (Wildman–Crippen MR) is 136 cm³/mol. The fourth-order valence-electron chi connectivity index (χ4n) is 3.97. The summed E-state index contributed by atoms with van der Waals surface area (Å²) in [6.07, 6.45) is 0.153. The summed E-state index contributed by atoms with van der Waals surface area (Å²) in [7, 11) is 1.82. The van der Waals surface area contributed by atoms with Gasteiger partial charge in [-0.2, -0.15) is 0 Å². The first-order valence-corrected chi connectivity index (χ1v) is 11.8. The third-order valence-electron chi connectivity index (χ3n) is 5.92.